The van der Waals surface area contributed by atoms with Crippen LogP contribution in [0.15, 0.2) is 12.7 Å². The van der Waals surface area contributed by atoms with Gasteiger partial charge in [0.15, 0.2) is 0 Å². The third-order valence-corrected chi connectivity index (χ3v) is 1.73. The van der Waals surface area contributed by atoms with Gasteiger partial charge in [-0.05, 0) is 18.9 Å². The van der Waals surface area contributed by atoms with E-state index in [0.717, 1.165) is 38.8 Å². The van der Waals surface area contributed by atoms with Gasteiger partial charge in [-0.15, -0.1) is 0 Å². The Balaban J connectivity index is 0. The molecule has 0 bridgehead atoms. The van der Waals surface area contributed by atoms with Crippen molar-refractivity contribution in [2.75, 3.05) is 13.1 Å². The summed E-state index contributed by atoms with van der Waals surface area (Å²) in [6.45, 7) is 8.90. The van der Waals surface area contributed by atoms with Crippen LogP contribution >= 0.6 is 0 Å². The first-order chi connectivity index (χ1) is 7.72. The van der Waals surface area contributed by atoms with E-state index in [1.807, 2.05) is 0 Å². The van der Waals surface area contributed by atoms with Gasteiger partial charge in [0.1, 0.15) is 6.29 Å². The van der Waals surface area contributed by atoms with Gasteiger partial charge in [-0.25, -0.2) is 4.79 Å². The predicted molar refractivity (Wildman–Crippen MR) is 67.5 cm³/mol. The number of hydrogen-bond acceptors (Lipinski definition) is 2. The maximum absolute atomic E-state index is 11.0. The zero-order chi connectivity index (χ0) is 12.6. The predicted octanol–water partition coefficient (Wildman–Crippen LogP) is 2.26. The van der Waals surface area contributed by atoms with Crippen LogP contribution in [0.4, 0.5) is 4.79 Å². The summed E-state index contributed by atoms with van der Waals surface area (Å²) in [6.07, 6.45) is 6.19. The minimum absolute atomic E-state index is 0.0306. The molecule has 0 radical (unpaired) electrons. The lowest BCUT2D eigenvalue weighted by Crippen LogP contribution is -2.36. The molecule has 4 nitrogen and oxygen atoms in total. The molecule has 94 valence electrons. The average Bonchev–Trinajstić information content (AvgIpc) is 2.30. The Morgan fingerprint density at radius 2 is 1.50 bits per heavy atom. The molecular formula is C12H24N2O2. The van der Waals surface area contributed by atoms with Crippen LogP contribution in [-0.2, 0) is 4.79 Å². The fourth-order valence-corrected chi connectivity index (χ4v) is 0.820. The SMILES string of the molecule is C=CC=O.CCCCNC(=O)NCCCC. The summed E-state index contributed by atoms with van der Waals surface area (Å²) < 4.78 is 0. The van der Waals surface area contributed by atoms with E-state index in [-0.39, 0.29) is 6.03 Å². The van der Waals surface area contributed by atoms with Crippen LogP contribution in [-0.4, -0.2) is 25.4 Å². The van der Waals surface area contributed by atoms with E-state index in [1.54, 1.807) is 0 Å². The van der Waals surface area contributed by atoms with Crippen molar-refractivity contribution in [2.24, 2.45) is 0 Å². The first-order valence-electron chi connectivity index (χ1n) is 5.80. The Morgan fingerprint density at radius 1 is 1.12 bits per heavy atom. The van der Waals surface area contributed by atoms with E-state index in [2.05, 4.69) is 31.1 Å². The average molecular weight is 228 g/mol. The summed E-state index contributed by atoms with van der Waals surface area (Å²) in [5.41, 5.74) is 0. The molecule has 0 spiro atoms. The van der Waals surface area contributed by atoms with Crippen molar-refractivity contribution in [3.63, 3.8) is 0 Å². The Bertz CT molecular complexity index is 164. The first-order valence-corrected chi connectivity index (χ1v) is 5.80. The summed E-state index contributed by atoms with van der Waals surface area (Å²) in [6, 6.07) is -0.0306. The maximum Gasteiger partial charge on any atom is 0.314 e. The molecule has 0 aliphatic heterocycles. The topological polar surface area (TPSA) is 58.2 Å². The Hall–Kier alpha value is -1.32. The van der Waals surface area contributed by atoms with E-state index in [0.29, 0.717) is 6.29 Å². The van der Waals surface area contributed by atoms with Crippen molar-refractivity contribution in [2.45, 2.75) is 39.5 Å². The van der Waals surface area contributed by atoms with Crippen LogP contribution in [0.1, 0.15) is 39.5 Å². The molecule has 0 rings (SSSR count). The fourth-order valence-electron chi connectivity index (χ4n) is 0.820. The highest BCUT2D eigenvalue weighted by Crippen LogP contribution is 1.84. The summed E-state index contributed by atoms with van der Waals surface area (Å²) in [5, 5.41) is 5.58. The molecule has 0 saturated carbocycles. The molecule has 0 aromatic rings. The molecular weight excluding hydrogens is 204 g/mol. The third-order valence-electron chi connectivity index (χ3n) is 1.73. The lowest BCUT2D eigenvalue weighted by atomic mass is 10.3. The van der Waals surface area contributed by atoms with E-state index in [1.165, 1.54) is 6.08 Å². The van der Waals surface area contributed by atoms with Gasteiger partial charge in [0.25, 0.3) is 0 Å². The van der Waals surface area contributed by atoms with E-state index < -0.39 is 0 Å². The lowest BCUT2D eigenvalue weighted by Gasteiger charge is -2.05. The highest BCUT2D eigenvalue weighted by Gasteiger charge is 1.95. The van der Waals surface area contributed by atoms with Crippen molar-refractivity contribution in [1.29, 1.82) is 0 Å². The number of allylic oxidation sites excluding steroid dienone is 1. The maximum atomic E-state index is 11.0. The van der Waals surface area contributed by atoms with Crippen LogP contribution in [0.5, 0.6) is 0 Å². The number of amides is 2. The van der Waals surface area contributed by atoms with E-state index in [4.69, 9.17) is 4.79 Å². The zero-order valence-electron chi connectivity index (χ0n) is 10.4. The minimum Gasteiger partial charge on any atom is -0.338 e. The molecule has 0 atom stereocenters. The summed E-state index contributed by atoms with van der Waals surface area (Å²) in [4.78, 5) is 20.0. The van der Waals surface area contributed by atoms with Crippen LogP contribution in [0.25, 0.3) is 0 Å². The number of nitrogens with one attached hydrogen (secondary N) is 2. The van der Waals surface area contributed by atoms with Crippen molar-refractivity contribution in [3.8, 4) is 0 Å². The number of aldehydes is 1. The van der Waals surface area contributed by atoms with E-state index in [9.17, 15) is 4.79 Å². The van der Waals surface area contributed by atoms with Crippen LogP contribution in [0.2, 0.25) is 0 Å². The van der Waals surface area contributed by atoms with E-state index >= 15 is 0 Å². The highest BCUT2D eigenvalue weighted by molar-refractivity contribution is 5.73. The summed E-state index contributed by atoms with van der Waals surface area (Å²) in [5.74, 6) is 0. The van der Waals surface area contributed by atoms with Gasteiger partial charge in [-0.2, -0.15) is 0 Å². The number of unbranched alkanes of at least 4 members (excludes halogenated alkanes) is 2. The molecule has 0 fully saturated rings. The molecule has 16 heavy (non-hydrogen) atoms. The second-order valence-corrected chi connectivity index (χ2v) is 3.26. The van der Waals surface area contributed by atoms with Gasteiger partial charge < -0.3 is 10.6 Å². The fraction of sp³-hybridized carbons (Fsp3) is 0.667. The van der Waals surface area contributed by atoms with Crippen molar-refractivity contribution < 1.29 is 9.59 Å². The number of hydrogen-bond donors (Lipinski definition) is 2. The largest absolute Gasteiger partial charge is 0.338 e. The quantitative estimate of drug-likeness (QED) is 0.399. The van der Waals surface area contributed by atoms with Crippen LogP contribution in [0.3, 0.4) is 0 Å². The molecule has 2 N–H and O–H groups in total. The third kappa shape index (κ3) is 18.5. The standard InChI is InChI=1S/C9H20N2O.C3H4O/c1-3-5-7-10-9(12)11-8-6-4-2;1-2-3-4/h3-8H2,1-2H3,(H2,10,11,12);2-3H,1H2. The molecule has 2 amide bonds. The van der Waals surface area contributed by atoms with Crippen LogP contribution < -0.4 is 10.6 Å². The van der Waals surface area contributed by atoms with Gasteiger partial charge in [0, 0.05) is 13.1 Å². The molecule has 0 heterocycles. The van der Waals surface area contributed by atoms with Crippen LogP contribution in [0, 0.1) is 0 Å². The monoisotopic (exact) mass is 228 g/mol. The van der Waals surface area contributed by atoms with Crippen molar-refractivity contribution in [3.05, 3.63) is 12.7 Å². The second-order valence-electron chi connectivity index (χ2n) is 3.26. The smallest absolute Gasteiger partial charge is 0.314 e. The lowest BCUT2D eigenvalue weighted by molar-refractivity contribution is -0.104. The number of carbonyl (C=O) groups excluding carboxylic acids is 2. The summed E-state index contributed by atoms with van der Waals surface area (Å²) in [7, 11) is 0. The number of urea groups is 1. The first kappa shape index (κ1) is 17.1. The van der Waals surface area contributed by atoms with Crippen molar-refractivity contribution >= 4 is 12.3 Å². The van der Waals surface area contributed by atoms with Gasteiger partial charge in [-0.3, -0.25) is 4.79 Å². The number of carbonyl (C=O) groups is 2. The van der Waals surface area contributed by atoms with Gasteiger partial charge in [-0.1, -0.05) is 33.3 Å². The Kier molecular flexibility index (Phi) is 17.2. The molecule has 0 aliphatic rings. The molecule has 0 aliphatic carbocycles. The Labute approximate surface area is 98.5 Å². The molecule has 0 aromatic carbocycles. The molecule has 0 unspecified atom stereocenters. The van der Waals surface area contributed by atoms with Crippen molar-refractivity contribution in [1.82, 2.24) is 10.6 Å². The molecule has 4 heteroatoms. The van der Waals surface area contributed by atoms with Gasteiger partial charge >= 0.3 is 6.03 Å². The normalized spacial score (nSPS) is 8.38. The Morgan fingerprint density at radius 3 is 1.75 bits per heavy atom. The zero-order valence-corrected chi connectivity index (χ0v) is 10.4. The highest BCUT2D eigenvalue weighted by atomic mass is 16.2. The summed E-state index contributed by atoms with van der Waals surface area (Å²) >= 11 is 0. The van der Waals surface area contributed by atoms with Gasteiger partial charge in [0.05, 0.1) is 0 Å². The second kappa shape index (κ2) is 16.1. The molecule has 0 aromatic heterocycles. The minimum atomic E-state index is -0.0306. The van der Waals surface area contributed by atoms with Gasteiger partial charge in [0.2, 0.25) is 0 Å². The number of rotatable bonds is 7. The molecule has 0 saturated heterocycles.